The normalized spacial score (nSPS) is 11.0. The number of hydrogen-bond acceptors (Lipinski definition) is 4. The van der Waals surface area contributed by atoms with Crippen LogP contribution in [0.1, 0.15) is 15.9 Å². The SMILES string of the molecule is CS(=O)(=O)Nc1cccc(C(=O)OCc2ccccc2Cl)c1. The monoisotopic (exact) mass is 339 g/mol. The van der Waals surface area contributed by atoms with Crippen LogP contribution in [0.25, 0.3) is 0 Å². The zero-order chi connectivity index (χ0) is 16.2. The van der Waals surface area contributed by atoms with Gasteiger partial charge in [-0.1, -0.05) is 35.9 Å². The third kappa shape index (κ3) is 4.75. The van der Waals surface area contributed by atoms with E-state index >= 15 is 0 Å². The zero-order valence-corrected chi connectivity index (χ0v) is 13.3. The van der Waals surface area contributed by atoms with Gasteiger partial charge in [0.05, 0.1) is 11.8 Å². The van der Waals surface area contributed by atoms with Crippen LogP contribution < -0.4 is 4.72 Å². The average molecular weight is 340 g/mol. The second kappa shape index (κ2) is 6.81. The Morgan fingerprint density at radius 2 is 1.91 bits per heavy atom. The maximum atomic E-state index is 12.0. The van der Waals surface area contributed by atoms with Crippen LogP contribution in [0.4, 0.5) is 5.69 Å². The molecule has 2 aromatic carbocycles. The first-order chi connectivity index (χ1) is 10.3. The van der Waals surface area contributed by atoms with E-state index in [4.69, 9.17) is 16.3 Å². The summed E-state index contributed by atoms with van der Waals surface area (Å²) in [4.78, 5) is 12.0. The average Bonchev–Trinajstić information content (AvgIpc) is 2.44. The molecule has 116 valence electrons. The molecule has 0 aliphatic heterocycles. The quantitative estimate of drug-likeness (QED) is 0.850. The number of esters is 1. The molecule has 0 bridgehead atoms. The highest BCUT2D eigenvalue weighted by atomic mass is 35.5. The van der Waals surface area contributed by atoms with E-state index < -0.39 is 16.0 Å². The molecule has 0 radical (unpaired) electrons. The minimum Gasteiger partial charge on any atom is -0.457 e. The smallest absolute Gasteiger partial charge is 0.338 e. The van der Waals surface area contributed by atoms with Gasteiger partial charge in [0, 0.05) is 16.3 Å². The second-order valence-electron chi connectivity index (χ2n) is 4.62. The summed E-state index contributed by atoms with van der Waals surface area (Å²) in [5, 5.41) is 0.516. The van der Waals surface area contributed by atoms with E-state index in [1.54, 1.807) is 42.5 Å². The van der Waals surface area contributed by atoms with Gasteiger partial charge in [-0.25, -0.2) is 13.2 Å². The highest BCUT2D eigenvalue weighted by molar-refractivity contribution is 7.92. The zero-order valence-electron chi connectivity index (χ0n) is 11.7. The molecular weight excluding hydrogens is 326 g/mol. The highest BCUT2D eigenvalue weighted by Gasteiger charge is 2.10. The van der Waals surface area contributed by atoms with Gasteiger partial charge in [0.15, 0.2) is 0 Å². The van der Waals surface area contributed by atoms with E-state index in [-0.39, 0.29) is 12.2 Å². The Balaban J connectivity index is 2.07. The van der Waals surface area contributed by atoms with Crippen LogP contribution in [0.5, 0.6) is 0 Å². The summed E-state index contributed by atoms with van der Waals surface area (Å²) in [5.41, 5.74) is 1.25. The van der Waals surface area contributed by atoms with Gasteiger partial charge in [-0.15, -0.1) is 0 Å². The van der Waals surface area contributed by atoms with Crippen LogP contribution in [0, 0.1) is 0 Å². The van der Waals surface area contributed by atoms with Gasteiger partial charge < -0.3 is 4.74 Å². The Kier molecular flexibility index (Phi) is 5.05. The number of carbonyl (C=O) groups is 1. The van der Waals surface area contributed by atoms with Crippen molar-refractivity contribution in [3.05, 3.63) is 64.7 Å². The number of anilines is 1. The van der Waals surface area contributed by atoms with Crippen molar-refractivity contribution < 1.29 is 17.9 Å². The molecule has 0 atom stereocenters. The molecule has 0 aromatic heterocycles. The summed E-state index contributed by atoms with van der Waals surface area (Å²) in [5.74, 6) is -0.558. The second-order valence-corrected chi connectivity index (χ2v) is 6.78. The molecule has 2 aromatic rings. The van der Waals surface area contributed by atoms with Crippen molar-refractivity contribution >= 4 is 33.3 Å². The van der Waals surface area contributed by atoms with Crippen LogP contribution in [0.3, 0.4) is 0 Å². The van der Waals surface area contributed by atoms with Crippen molar-refractivity contribution in [2.75, 3.05) is 11.0 Å². The molecule has 1 N–H and O–H groups in total. The molecule has 0 aliphatic rings. The van der Waals surface area contributed by atoms with E-state index in [9.17, 15) is 13.2 Å². The van der Waals surface area contributed by atoms with Crippen molar-refractivity contribution in [3.63, 3.8) is 0 Å². The lowest BCUT2D eigenvalue weighted by atomic mass is 10.2. The number of hydrogen-bond donors (Lipinski definition) is 1. The number of halogens is 1. The lowest BCUT2D eigenvalue weighted by molar-refractivity contribution is 0.0473. The summed E-state index contributed by atoms with van der Waals surface area (Å²) < 4.78 is 29.9. The van der Waals surface area contributed by atoms with Gasteiger partial charge in [0.2, 0.25) is 10.0 Å². The van der Waals surface area contributed by atoms with Crippen molar-refractivity contribution in [2.45, 2.75) is 6.61 Å². The molecule has 0 heterocycles. The number of nitrogens with one attached hydrogen (secondary N) is 1. The van der Waals surface area contributed by atoms with Gasteiger partial charge in [0.1, 0.15) is 6.61 Å². The fourth-order valence-corrected chi connectivity index (χ4v) is 2.51. The number of ether oxygens (including phenoxy) is 1. The van der Waals surface area contributed by atoms with E-state index in [2.05, 4.69) is 4.72 Å². The van der Waals surface area contributed by atoms with Crippen molar-refractivity contribution in [1.29, 1.82) is 0 Å². The summed E-state index contributed by atoms with van der Waals surface area (Å²) in [6.45, 7) is 0.0439. The van der Waals surface area contributed by atoms with Crippen molar-refractivity contribution in [2.24, 2.45) is 0 Å². The summed E-state index contributed by atoms with van der Waals surface area (Å²) >= 11 is 5.98. The summed E-state index contributed by atoms with van der Waals surface area (Å²) in [7, 11) is -3.40. The molecule has 0 amide bonds. The predicted molar refractivity (Wildman–Crippen MR) is 85.5 cm³/mol. The van der Waals surface area contributed by atoms with E-state index in [1.807, 2.05) is 0 Å². The maximum absolute atomic E-state index is 12.0. The van der Waals surface area contributed by atoms with E-state index in [1.165, 1.54) is 6.07 Å². The van der Waals surface area contributed by atoms with Crippen molar-refractivity contribution in [1.82, 2.24) is 0 Å². The summed E-state index contributed by atoms with van der Waals surface area (Å²) in [6.07, 6.45) is 1.04. The molecule has 0 fully saturated rings. The van der Waals surface area contributed by atoms with E-state index in [0.717, 1.165) is 6.26 Å². The predicted octanol–water partition coefficient (Wildman–Crippen LogP) is 3.07. The third-order valence-electron chi connectivity index (χ3n) is 2.72. The largest absolute Gasteiger partial charge is 0.457 e. The molecule has 22 heavy (non-hydrogen) atoms. The van der Waals surface area contributed by atoms with Gasteiger partial charge >= 0.3 is 5.97 Å². The first kappa shape index (κ1) is 16.3. The van der Waals surface area contributed by atoms with Gasteiger partial charge in [-0.2, -0.15) is 0 Å². The van der Waals surface area contributed by atoms with Crippen LogP contribution >= 0.6 is 11.6 Å². The Morgan fingerprint density at radius 3 is 2.59 bits per heavy atom. The standard InChI is InChI=1S/C15H14ClNO4S/c1-22(19,20)17-13-7-4-6-11(9-13)15(18)21-10-12-5-2-3-8-14(12)16/h2-9,17H,10H2,1H3. The molecular formula is C15H14ClNO4S. The van der Waals surface area contributed by atoms with Crippen LogP contribution in [0.2, 0.25) is 5.02 Å². The first-order valence-electron chi connectivity index (χ1n) is 6.33. The van der Waals surface area contributed by atoms with Crippen molar-refractivity contribution in [3.8, 4) is 0 Å². The number of sulfonamides is 1. The molecule has 2 rings (SSSR count). The minimum absolute atomic E-state index is 0.0439. The van der Waals surface area contributed by atoms with Gasteiger partial charge in [-0.3, -0.25) is 4.72 Å². The highest BCUT2D eigenvalue weighted by Crippen LogP contribution is 2.17. The molecule has 0 unspecified atom stereocenters. The first-order valence-corrected chi connectivity index (χ1v) is 8.60. The lowest BCUT2D eigenvalue weighted by Crippen LogP contribution is -2.11. The number of rotatable bonds is 5. The fraction of sp³-hybridized carbons (Fsp3) is 0.133. The number of carbonyl (C=O) groups excluding carboxylic acids is 1. The maximum Gasteiger partial charge on any atom is 0.338 e. The molecule has 5 nitrogen and oxygen atoms in total. The molecule has 0 spiro atoms. The minimum atomic E-state index is -3.40. The molecule has 0 saturated heterocycles. The van der Waals surface area contributed by atoms with Crippen LogP contribution in [-0.4, -0.2) is 20.6 Å². The number of benzene rings is 2. The Labute approximate surface area is 133 Å². The molecule has 0 saturated carbocycles. The fourth-order valence-electron chi connectivity index (χ4n) is 1.77. The van der Waals surface area contributed by atoms with E-state index in [0.29, 0.717) is 16.3 Å². The van der Waals surface area contributed by atoms with Gasteiger partial charge in [-0.05, 0) is 24.3 Å². The lowest BCUT2D eigenvalue weighted by Gasteiger charge is -2.08. The Bertz CT molecular complexity index is 790. The van der Waals surface area contributed by atoms with Gasteiger partial charge in [0.25, 0.3) is 0 Å². The Morgan fingerprint density at radius 1 is 1.18 bits per heavy atom. The molecule has 7 heteroatoms. The topological polar surface area (TPSA) is 72.5 Å². The third-order valence-corrected chi connectivity index (χ3v) is 3.69. The Hall–Kier alpha value is -2.05. The van der Waals surface area contributed by atoms with Crippen LogP contribution in [0.15, 0.2) is 48.5 Å². The van der Waals surface area contributed by atoms with Crippen LogP contribution in [-0.2, 0) is 21.4 Å². The molecule has 0 aliphatic carbocycles. The summed E-state index contributed by atoms with van der Waals surface area (Å²) in [6, 6.07) is 13.1.